The molecule has 28 heavy (non-hydrogen) atoms. The van der Waals surface area contributed by atoms with Gasteiger partial charge in [0, 0.05) is 18.2 Å². The molecule has 0 saturated carbocycles. The number of benzene rings is 2. The van der Waals surface area contributed by atoms with Gasteiger partial charge in [0.25, 0.3) is 0 Å². The highest BCUT2D eigenvalue weighted by Crippen LogP contribution is 2.36. The molecule has 0 aromatic heterocycles. The summed E-state index contributed by atoms with van der Waals surface area (Å²) in [5.74, 6) is -0.559. The third-order valence-corrected chi connectivity index (χ3v) is 4.97. The van der Waals surface area contributed by atoms with Crippen molar-refractivity contribution in [1.82, 2.24) is 0 Å². The molecule has 0 spiro atoms. The number of alkyl halides is 5. The van der Waals surface area contributed by atoms with Gasteiger partial charge in [0.1, 0.15) is 5.82 Å². The summed E-state index contributed by atoms with van der Waals surface area (Å²) in [6.45, 7) is -2.75. The van der Waals surface area contributed by atoms with Crippen LogP contribution in [0.2, 0.25) is 0 Å². The lowest BCUT2D eigenvalue weighted by molar-refractivity contribution is -0.137. The van der Waals surface area contributed by atoms with E-state index in [0.717, 1.165) is 17.7 Å². The molecule has 2 aromatic rings. The van der Waals surface area contributed by atoms with Crippen LogP contribution in [0, 0.1) is 5.82 Å². The predicted octanol–water partition coefficient (Wildman–Crippen LogP) is 5.84. The minimum atomic E-state index is -4.41. The molecule has 0 unspecified atom stereocenters. The summed E-state index contributed by atoms with van der Waals surface area (Å²) in [4.78, 5) is 1.79. The normalized spacial score (nSPS) is 20.6. The number of rotatable bonds is 5. The Labute approximate surface area is 158 Å². The van der Waals surface area contributed by atoms with Crippen LogP contribution in [0.25, 0.3) is 0 Å². The average molecular weight is 403 g/mol. The molecule has 0 aliphatic carbocycles. The Kier molecular flexibility index (Phi) is 6.17. The molecule has 2 atom stereocenters. The van der Waals surface area contributed by atoms with E-state index >= 15 is 0 Å². The van der Waals surface area contributed by atoms with Crippen molar-refractivity contribution < 1.29 is 31.1 Å². The Morgan fingerprint density at radius 2 is 1.75 bits per heavy atom. The summed E-state index contributed by atoms with van der Waals surface area (Å²) in [5, 5.41) is 0. The van der Waals surface area contributed by atoms with Crippen molar-refractivity contribution in [3.05, 3.63) is 65.5 Å². The van der Waals surface area contributed by atoms with Gasteiger partial charge >= 0.3 is 12.8 Å². The molecule has 1 aliphatic rings. The maximum Gasteiger partial charge on any atom is 0.416 e. The van der Waals surface area contributed by atoms with E-state index in [2.05, 4.69) is 4.74 Å². The zero-order valence-corrected chi connectivity index (χ0v) is 14.8. The first-order chi connectivity index (χ1) is 13.2. The lowest BCUT2D eigenvalue weighted by Crippen LogP contribution is -2.45. The molecule has 3 rings (SSSR count). The zero-order valence-electron chi connectivity index (χ0n) is 14.8. The molecule has 0 radical (unpaired) electrons. The minimum absolute atomic E-state index is 0.103. The third-order valence-electron chi connectivity index (χ3n) is 4.97. The van der Waals surface area contributed by atoms with Crippen molar-refractivity contribution in [2.75, 3.05) is 18.1 Å². The van der Waals surface area contributed by atoms with Gasteiger partial charge in [-0.15, -0.1) is 0 Å². The van der Waals surface area contributed by atoms with Crippen LogP contribution in [0.15, 0.2) is 48.5 Å². The lowest BCUT2D eigenvalue weighted by atomic mass is 9.86. The van der Waals surface area contributed by atoms with Gasteiger partial charge in [-0.3, -0.25) is 0 Å². The maximum atomic E-state index is 13.7. The first-order valence-electron chi connectivity index (χ1n) is 8.83. The molecular formula is C20H19F6NO. The second-order valence-corrected chi connectivity index (χ2v) is 6.77. The topological polar surface area (TPSA) is 12.5 Å². The molecule has 0 amide bonds. The minimum Gasteiger partial charge on any atom is -0.366 e. The van der Waals surface area contributed by atoms with Crippen LogP contribution in [0.3, 0.4) is 0 Å². The van der Waals surface area contributed by atoms with Gasteiger partial charge in [-0.05, 0) is 48.7 Å². The van der Waals surface area contributed by atoms with Crippen LogP contribution in [0.5, 0.6) is 0 Å². The van der Waals surface area contributed by atoms with Gasteiger partial charge in [0.15, 0.2) is 0 Å². The number of hydrogen-bond donors (Lipinski definition) is 0. The Balaban J connectivity index is 1.81. The number of piperidine rings is 1. The number of hydrogen-bond acceptors (Lipinski definition) is 2. The quantitative estimate of drug-likeness (QED) is 0.582. The van der Waals surface area contributed by atoms with Gasteiger partial charge < -0.3 is 9.64 Å². The number of anilines is 1. The van der Waals surface area contributed by atoms with Crippen molar-refractivity contribution in [2.45, 2.75) is 37.6 Å². The Morgan fingerprint density at radius 1 is 1.04 bits per heavy atom. The van der Waals surface area contributed by atoms with E-state index in [0.29, 0.717) is 25.1 Å². The maximum absolute atomic E-state index is 13.7. The first kappa shape index (κ1) is 20.5. The molecule has 0 N–H and O–H groups in total. The van der Waals surface area contributed by atoms with Gasteiger partial charge in [-0.1, -0.05) is 18.2 Å². The molecule has 152 valence electrons. The molecule has 8 heteroatoms. The fraction of sp³-hybridized carbons (Fsp3) is 0.400. The number of halogens is 6. The standard InChI is InChI=1S/C20H19F6NO/c21-16-2-1-3-17(10-16)27-11-14(6-9-18(27)12-28-19(22)23)13-4-7-15(8-5-13)20(24,25)26/h1-5,7-8,10,14,18-19H,6,9,11-12H2/t14-,18-/m0/s1. The van der Waals surface area contributed by atoms with Crippen molar-refractivity contribution in [2.24, 2.45) is 0 Å². The molecule has 1 aliphatic heterocycles. The Morgan fingerprint density at radius 3 is 2.36 bits per heavy atom. The summed E-state index contributed by atoms with van der Waals surface area (Å²) < 4.78 is 81.3. The molecule has 0 bridgehead atoms. The summed E-state index contributed by atoms with van der Waals surface area (Å²) >= 11 is 0. The highest BCUT2D eigenvalue weighted by atomic mass is 19.4. The second-order valence-electron chi connectivity index (χ2n) is 6.77. The zero-order chi connectivity index (χ0) is 20.3. The lowest BCUT2D eigenvalue weighted by Gasteiger charge is -2.41. The Hall–Kier alpha value is -2.22. The largest absolute Gasteiger partial charge is 0.416 e. The summed E-state index contributed by atoms with van der Waals surface area (Å²) in [7, 11) is 0. The van der Waals surface area contributed by atoms with Crippen LogP contribution >= 0.6 is 0 Å². The molecule has 1 saturated heterocycles. The van der Waals surface area contributed by atoms with Crippen LogP contribution in [0.4, 0.5) is 32.0 Å². The second kappa shape index (κ2) is 8.43. The highest BCUT2D eigenvalue weighted by molar-refractivity contribution is 5.49. The molecular weight excluding hydrogens is 384 g/mol. The number of ether oxygens (including phenoxy) is 1. The highest BCUT2D eigenvalue weighted by Gasteiger charge is 2.32. The fourth-order valence-electron chi connectivity index (χ4n) is 3.57. The molecule has 2 aromatic carbocycles. The predicted molar refractivity (Wildman–Crippen MR) is 92.9 cm³/mol. The SMILES string of the molecule is Fc1cccc(N2C[C@@H](c3ccc(C(F)(F)F)cc3)CC[C@H]2COC(F)F)c1. The van der Waals surface area contributed by atoms with Crippen LogP contribution in [-0.4, -0.2) is 25.8 Å². The average Bonchev–Trinajstić information content (AvgIpc) is 2.65. The van der Waals surface area contributed by atoms with Crippen LogP contribution < -0.4 is 4.90 Å². The molecule has 1 fully saturated rings. The number of nitrogens with zero attached hydrogens (tertiary/aromatic N) is 1. The van der Waals surface area contributed by atoms with E-state index in [1.54, 1.807) is 11.0 Å². The van der Waals surface area contributed by atoms with Gasteiger partial charge in [-0.2, -0.15) is 22.0 Å². The van der Waals surface area contributed by atoms with E-state index in [4.69, 9.17) is 0 Å². The summed E-state index contributed by atoms with van der Waals surface area (Å²) in [5.41, 5.74) is 0.527. The van der Waals surface area contributed by atoms with Gasteiger partial charge in [0.2, 0.25) is 0 Å². The summed E-state index contributed by atoms with van der Waals surface area (Å²) in [6.07, 6.45) is -3.31. The fourth-order valence-corrected chi connectivity index (χ4v) is 3.57. The van der Waals surface area contributed by atoms with Crippen molar-refractivity contribution in [1.29, 1.82) is 0 Å². The molecule has 1 heterocycles. The first-order valence-corrected chi connectivity index (χ1v) is 8.83. The monoisotopic (exact) mass is 403 g/mol. The van der Waals surface area contributed by atoms with E-state index in [-0.39, 0.29) is 18.6 Å². The van der Waals surface area contributed by atoms with Crippen molar-refractivity contribution in [3.63, 3.8) is 0 Å². The van der Waals surface area contributed by atoms with Gasteiger partial charge in [0.05, 0.1) is 18.2 Å². The summed E-state index contributed by atoms with van der Waals surface area (Å²) in [6, 6.07) is 10.4. The van der Waals surface area contributed by atoms with Crippen molar-refractivity contribution >= 4 is 5.69 Å². The van der Waals surface area contributed by atoms with E-state index < -0.39 is 24.2 Å². The Bertz CT molecular complexity index is 777. The van der Waals surface area contributed by atoms with E-state index in [1.807, 2.05) is 0 Å². The van der Waals surface area contributed by atoms with Crippen molar-refractivity contribution in [3.8, 4) is 0 Å². The van der Waals surface area contributed by atoms with Crippen LogP contribution in [0.1, 0.15) is 29.9 Å². The smallest absolute Gasteiger partial charge is 0.366 e. The van der Waals surface area contributed by atoms with Gasteiger partial charge in [-0.25, -0.2) is 4.39 Å². The third kappa shape index (κ3) is 4.98. The molecule has 2 nitrogen and oxygen atoms in total. The van der Waals surface area contributed by atoms with E-state index in [1.165, 1.54) is 30.3 Å². The van der Waals surface area contributed by atoms with E-state index in [9.17, 15) is 26.3 Å². The van der Waals surface area contributed by atoms with Crippen LogP contribution in [-0.2, 0) is 10.9 Å².